The average Bonchev–Trinajstić information content (AvgIpc) is 2.35. The van der Waals surface area contributed by atoms with Crippen molar-refractivity contribution in [1.29, 1.82) is 0 Å². The van der Waals surface area contributed by atoms with Crippen LogP contribution in [0.5, 0.6) is 5.75 Å². The molecule has 0 amide bonds. The minimum Gasteiger partial charge on any atom is -0.496 e. The quantitative estimate of drug-likeness (QED) is 0.877. The molecule has 0 radical (unpaired) electrons. The number of rotatable bonds is 5. The fourth-order valence-electron chi connectivity index (χ4n) is 1.75. The topological polar surface area (TPSA) is 55.5 Å². The smallest absolute Gasteiger partial charge is 0.123 e. The van der Waals surface area contributed by atoms with Crippen LogP contribution in [0.4, 0.5) is 0 Å². The molecule has 1 aromatic rings. The van der Waals surface area contributed by atoms with E-state index in [9.17, 15) is 5.11 Å². The highest BCUT2D eigenvalue weighted by molar-refractivity contribution is 6.30. The standard InChI is InChI=1S/C13H20ClNO2.ClH/c1-4-8(2)13(16)12(15)10-7-9(14)5-6-11(10)17-3;/h5-8,12-13,16H,4,15H2,1-3H3;1H/t8?,12-,13+;/m1./s1. The fourth-order valence-corrected chi connectivity index (χ4v) is 1.93. The molecule has 0 aliphatic carbocycles. The van der Waals surface area contributed by atoms with E-state index in [0.717, 1.165) is 12.0 Å². The van der Waals surface area contributed by atoms with E-state index in [1.165, 1.54) is 0 Å². The van der Waals surface area contributed by atoms with Crippen molar-refractivity contribution in [2.45, 2.75) is 32.4 Å². The summed E-state index contributed by atoms with van der Waals surface area (Å²) >= 11 is 5.94. The highest BCUT2D eigenvalue weighted by Gasteiger charge is 2.24. The number of halogens is 2. The van der Waals surface area contributed by atoms with Gasteiger partial charge in [0, 0.05) is 10.6 Å². The van der Waals surface area contributed by atoms with Crippen LogP contribution in [0.3, 0.4) is 0 Å². The van der Waals surface area contributed by atoms with Crippen molar-refractivity contribution >= 4 is 24.0 Å². The van der Waals surface area contributed by atoms with Crippen LogP contribution in [0.15, 0.2) is 18.2 Å². The lowest BCUT2D eigenvalue weighted by atomic mass is 9.91. The van der Waals surface area contributed by atoms with Crippen molar-refractivity contribution in [2.24, 2.45) is 11.7 Å². The van der Waals surface area contributed by atoms with E-state index in [0.29, 0.717) is 10.8 Å². The number of hydrogen-bond acceptors (Lipinski definition) is 3. The van der Waals surface area contributed by atoms with E-state index < -0.39 is 12.1 Å². The van der Waals surface area contributed by atoms with E-state index in [-0.39, 0.29) is 18.3 Å². The molecule has 0 saturated carbocycles. The molecular weight excluding hydrogens is 273 g/mol. The van der Waals surface area contributed by atoms with Gasteiger partial charge in [0.25, 0.3) is 0 Å². The van der Waals surface area contributed by atoms with Crippen LogP contribution in [-0.4, -0.2) is 18.3 Å². The molecule has 0 fully saturated rings. The minimum atomic E-state index is -0.604. The highest BCUT2D eigenvalue weighted by atomic mass is 35.5. The second-order valence-corrected chi connectivity index (χ2v) is 4.72. The van der Waals surface area contributed by atoms with Gasteiger partial charge in [-0.25, -0.2) is 0 Å². The summed E-state index contributed by atoms with van der Waals surface area (Å²) in [5.74, 6) is 0.790. The van der Waals surface area contributed by atoms with Gasteiger partial charge in [-0.05, 0) is 24.1 Å². The Kier molecular flexibility index (Phi) is 7.64. The van der Waals surface area contributed by atoms with Crippen LogP contribution in [0.25, 0.3) is 0 Å². The highest BCUT2D eigenvalue weighted by Crippen LogP contribution is 2.31. The fraction of sp³-hybridized carbons (Fsp3) is 0.538. The summed E-state index contributed by atoms with van der Waals surface area (Å²) in [5, 5.41) is 10.7. The third-order valence-electron chi connectivity index (χ3n) is 3.15. The maximum Gasteiger partial charge on any atom is 0.123 e. The van der Waals surface area contributed by atoms with E-state index in [1.807, 2.05) is 13.8 Å². The normalized spacial score (nSPS) is 15.4. The zero-order valence-corrected chi connectivity index (χ0v) is 12.5. The monoisotopic (exact) mass is 293 g/mol. The number of methoxy groups -OCH3 is 1. The van der Waals surface area contributed by atoms with Crippen LogP contribution in [0, 0.1) is 5.92 Å². The SMILES string of the molecule is CCC(C)[C@H](O)[C@H](N)c1cc(Cl)ccc1OC.Cl. The maximum absolute atomic E-state index is 10.1. The van der Waals surface area contributed by atoms with Gasteiger partial charge in [-0.1, -0.05) is 31.9 Å². The van der Waals surface area contributed by atoms with Crippen LogP contribution in [-0.2, 0) is 0 Å². The number of ether oxygens (including phenoxy) is 1. The van der Waals surface area contributed by atoms with Crippen LogP contribution >= 0.6 is 24.0 Å². The molecule has 1 rings (SSSR count). The van der Waals surface area contributed by atoms with Crippen molar-refractivity contribution in [1.82, 2.24) is 0 Å². The number of benzene rings is 1. The molecule has 18 heavy (non-hydrogen) atoms. The second kappa shape index (κ2) is 7.85. The molecule has 0 aromatic heterocycles. The van der Waals surface area contributed by atoms with E-state index in [4.69, 9.17) is 22.1 Å². The largest absolute Gasteiger partial charge is 0.496 e. The Hall–Kier alpha value is -0.480. The van der Waals surface area contributed by atoms with Crippen molar-refractivity contribution in [3.8, 4) is 5.75 Å². The van der Waals surface area contributed by atoms with Gasteiger partial charge in [-0.15, -0.1) is 12.4 Å². The number of aliphatic hydroxyl groups excluding tert-OH is 1. The van der Waals surface area contributed by atoms with Gasteiger partial charge in [0.2, 0.25) is 0 Å². The first-order valence-electron chi connectivity index (χ1n) is 5.78. The molecule has 0 spiro atoms. The first-order chi connectivity index (χ1) is 8.01. The van der Waals surface area contributed by atoms with E-state index in [2.05, 4.69) is 0 Å². The zero-order valence-electron chi connectivity index (χ0n) is 10.9. The maximum atomic E-state index is 10.1. The summed E-state index contributed by atoms with van der Waals surface area (Å²) < 4.78 is 5.24. The zero-order chi connectivity index (χ0) is 13.0. The first kappa shape index (κ1) is 17.5. The van der Waals surface area contributed by atoms with Crippen molar-refractivity contribution in [3.05, 3.63) is 28.8 Å². The molecule has 0 aliphatic rings. The van der Waals surface area contributed by atoms with Crippen molar-refractivity contribution < 1.29 is 9.84 Å². The predicted molar refractivity (Wildman–Crippen MR) is 77.6 cm³/mol. The van der Waals surface area contributed by atoms with Gasteiger partial charge >= 0.3 is 0 Å². The summed E-state index contributed by atoms with van der Waals surface area (Å²) in [5.41, 5.74) is 6.81. The summed E-state index contributed by atoms with van der Waals surface area (Å²) in [7, 11) is 1.58. The number of aliphatic hydroxyl groups is 1. The molecule has 0 bridgehead atoms. The molecule has 3 nitrogen and oxygen atoms in total. The van der Waals surface area contributed by atoms with E-state index in [1.54, 1.807) is 25.3 Å². The lowest BCUT2D eigenvalue weighted by molar-refractivity contribution is 0.0871. The molecule has 3 N–H and O–H groups in total. The molecule has 0 heterocycles. The van der Waals surface area contributed by atoms with Crippen LogP contribution in [0.2, 0.25) is 5.02 Å². The van der Waals surface area contributed by atoms with Crippen molar-refractivity contribution in [3.63, 3.8) is 0 Å². The van der Waals surface area contributed by atoms with Gasteiger partial charge < -0.3 is 15.6 Å². The Morgan fingerprint density at radius 2 is 2.06 bits per heavy atom. The van der Waals surface area contributed by atoms with E-state index >= 15 is 0 Å². The van der Waals surface area contributed by atoms with Gasteiger partial charge in [0.1, 0.15) is 5.75 Å². The lowest BCUT2D eigenvalue weighted by Crippen LogP contribution is -2.31. The summed E-state index contributed by atoms with van der Waals surface area (Å²) in [4.78, 5) is 0. The third-order valence-corrected chi connectivity index (χ3v) is 3.38. The number of nitrogens with two attached hydrogens (primary N) is 1. The summed E-state index contributed by atoms with van der Waals surface area (Å²) in [6, 6.07) is 4.77. The third kappa shape index (κ3) is 4.02. The molecule has 104 valence electrons. The lowest BCUT2D eigenvalue weighted by Gasteiger charge is -2.25. The molecule has 3 atom stereocenters. The molecule has 1 aromatic carbocycles. The molecule has 1 unspecified atom stereocenters. The Balaban J connectivity index is 0.00000289. The minimum absolute atomic E-state index is 0. The van der Waals surface area contributed by atoms with Crippen molar-refractivity contribution in [2.75, 3.05) is 7.11 Å². The van der Waals surface area contributed by atoms with Gasteiger partial charge in [0.15, 0.2) is 0 Å². The number of hydrogen-bond donors (Lipinski definition) is 2. The summed E-state index contributed by atoms with van der Waals surface area (Å²) in [6.45, 7) is 4.00. The van der Waals surface area contributed by atoms with Crippen LogP contribution < -0.4 is 10.5 Å². The summed E-state index contributed by atoms with van der Waals surface area (Å²) in [6.07, 6.45) is 0.268. The van der Waals surface area contributed by atoms with Gasteiger partial charge in [-0.3, -0.25) is 0 Å². The van der Waals surface area contributed by atoms with Gasteiger partial charge in [0.05, 0.1) is 19.3 Å². The average molecular weight is 294 g/mol. The first-order valence-corrected chi connectivity index (χ1v) is 6.16. The molecular formula is C13H21Cl2NO2. The Bertz CT molecular complexity index is 374. The Morgan fingerprint density at radius 3 is 2.56 bits per heavy atom. The predicted octanol–water partition coefficient (Wildman–Crippen LogP) is 3.18. The molecule has 5 heteroatoms. The Labute approximate surface area is 120 Å². The Morgan fingerprint density at radius 1 is 1.44 bits per heavy atom. The second-order valence-electron chi connectivity index (χ2n) is 4.29. The van der Waals surface area contributed by atoms with Gasteiger partial charge in [-0.2, -0.15) is 0 Å². The van der Waals surface area contributed by atoms with Crippen LogP contribution in [0.1, 0.15) is 31.9 Å². The molecule has 0 saturated heterocycles. The molecule has 0 aliphatic heterocycles.